The number of aromatic nitrogens is 2. The summed E-state index contributed by atoms with van der Waals surface area (Å²) in [4.78, 5) is 28.1. The van der Waals surface area contributed by atoms with Gasteiger partial charge in [-0.15, -0.1) is 0 Å². The summed E-state index contributed by atoms with van der Waals surface area (Å²) in [5.41, 5.74) is 1.60. The molecule has 3 rings (SSSR count). The molecule has 0 saturated carbocycles. The first kappa shape index (κ1) is 15.9. The lowest BCUT2D eigenvalue weighted by molar-refractivity contribution is -0.121. The Kier molecular flexibility index (Phi) is 4.16. The van der Waals surface area contributed by atoms with E-state index in [2.05, 4.69) is 15.5 Å². The number of rotatable bonds is 4. The van der Waals surface area contributed by atoms with Crippen molar-refractivity contribution in [1.29, 1.82) is 0 Å². The van der Waals surface area contributed by atoms with Gasteiger partial charge in [-0.2, -0.15) is 4.98 Å². The lowest BCUT2D eigenvalue weighted by Crippen LogP contribution is -2.28. The molecule has 124 valence electrons. The van der Waals surface area contributed by atoms with Crippen LogP contribution in [0.4, 0.5) is 0 Å². The van der Waals surface area contributed by atoms with Crippen molar-refractivity contribution in [2.75, 3.05) is 0 Å². The van der Waals surface area contributed by atoms with Crippen LogP contribution >= 0.6 is 0 Å². The van der Waals surface area contributed by atoms with E-state index >= 15 is 0 Å². The van der Waals surface area contributed by atoms with Gasteiger partial charge >= 0.3 is 5.63 Å². The van der Waals surface area contributed by atoms with E-state index in [1.165, 1.54) is 6.07 Å². The molecule has 24 heavy (non-hydrogen) atoms. The summed E-state index contributed by atoms with van der Waals surface area (Å²) in [6, 6.07) is 6.47. The molecule has 0 aliphatic rings. The van der Waals surface area contributed by atoms with Crippen LogP contribution in [0.15, 0.2) is 38.0 Å². The van der Waals surface area contributed by atoms with E-state index in [-0.39, 0.29) is 12.3 Å². The largest absolute Gasteiger partial charge is 0.423 e. The van der Waals surface area contributed by atoms with Crippen molar-refractivity contribution in [2.24, 2.45) is 0 Å². The van der Waals surface area contributed by atoms with Gasteiger partial charge in [-0.1, -0.05) is 17.3 Å². The van der Waals surface area contributed by atoms with Gasteiger partial charge in [0.2, 0.25) is 11.8 Å². The normalized spacial score (nSPS) is 12.3. The fourth-order valence-corrected chi connectivity index (χ4v) is 2.50. The van der Waals surface area contributed by atoms with Crippen LogP contribution in [0.3, 0.4) is 0 Å². The maximum absolute atomic E-state index is 12.3. The number of carbonyl (C=O) groups is 1. The number of amides is 1. The Hall–Kier alpha value is -2.96. The zero-order chi connectivity index (χ0) is 17.3. The molecule has 0 radical (unpaired) electrons. The number of nitrogens with one attached hydrogen (secondary N) is 1. The molecule has 3 aromatic rings. The van der Waals surface area contributed by atoms with Crippen molar-refractivity contribution < 1.29 is 13.7 Å². The third-order valence-electron chi connectivity index (χ3n) is 3.63. The van der Waals surface area contributed by atoms with Crippen molar-refractivity contribution in [3.8, 4) is 0 Å². The van der Waals surface area contributed by atoms with Gasteiger partial charge in [0.15, 0.2) is 5.82 Å². The molecule has 2 heterocycles. The number of aryl methyl sites for hydroxylation is 2. The van der Waals surface area contributed by atoms with Gasteiger partial charge in [-0.05, 0) is 38.0 Å². The van der Waals surface area contributed by atoms with Gasteiger partial charge in [0.1, 0.15) is 11.6 Å². The highest BCUT2D eigenvalue weighted by atomic mass is 16.5. The van der Waals surface area contributed by atoms with Crippen LogP contribution in [0.1, 0.15) is 35.8 Å². The first-order chi connectivity index (χ1) is 11.4. The standard InChI is InChI=1S/C17H17N3O4/c1-9-4-5-13-12(8-16(22)23-14(13)6-9)7-15(21)18-10(2)17-19-11(3)20-24-17/h4-6,8,10H,7H2,1-3H3,(H,18,21)/t10-/m0/s1. The van der Waals surface area contributed by atoms with E-state index in [0.717, 1.165) is 10.9 Å². The van der Waals surface area contributed by atoms with Crippen LogP contribution in [-0.2, 0) is 11.2 Å². The van der Waals surface area contributed by atoms with Gasteiger partial charge in [-0.25, -0.2) is 4.79 Å². The van der Waals surface area contributed by atoms with E-state index < -0.39 is 11.7 Å². The topological polar surface area (TPSA) is 98.2 Å². The molecule has 0 unspecified atom stereocenters. The number of carbonyl (C=O) groups excluding carboxylic acids is 1. The predicted molar refractivity (Wildman–Crippen MR) is 86.5 cm³/mol. The molecule has 1 N–H and O–H groups in total. The summed E-state index contributed by atoms with van der Waals surface area (Å²) in [5.74, 6) is 0.605. The first-order valence-corrected chi connectivity index (χ1v) is 7.55. The Labute approximate surface area is 137 Å². The van der Waals surface area contributed by atoms with Crippen molar-refractivity contribution in [3.63, 3.8) is 0 Å². The molecule has 7 nitrogen and oxygen atoms in total. The maximum Gasteiger partial charge on any atom is 0.336 e. The quantitative estimate of drug-likeness (QED) is 0.738. The predicted octanol–water partition coefficient (Wildman–Crippen LogP) is 2.21. The Morgan fingerprint density at radius 2 is 2.08 bits per heavy atom. The zero-order valence-electron chi connectivity index (χ0n) is 13.6. The second kappa shape index (κ2) is 6.27. The third kappa shape index (κ3) is 3.34. The maximum atomic E-state index is 12.3. The first-order valence-electron chi connectivity index (χ1n) is 7.55. The summed E-state index contributed by atoms with van der Waals surface area (Å²) >= 11 is 0. The van der Waals surface area contributed by atoms with Gasteiger partial charge in [-0.3, -0.25) is 4.79 Å². The van der Waals surface area contributed by atoms with Crippen LogP contribution in [0.2, 0.25) is 0 Å². The fraction of sp³-hybridized carbons (Fsp3) is 0.294. The molecular weight excluding hydrogens is 310 g/mol. The van der Waals surface area contributed by atoms with Crippen LogP contribution < -0.4 is 10.9 Å². The summed E-state index contributed by atoms with van der Waals surface area (Å²) in [6.07, 6.45) is 0.0582. The van der Waals surface area contributed by atoms with Gasteiger partial charge in [0.05, 0.1) is 6.42 Å². The van der Waals surface area contributed by atoms with E-state index in [0.29, 0.717) is 22.9 Å². The Balaban J connectivity index is 1.81. The highest BCUT2D eigenvalue weighted by molar-refractivity contribution is 5.87. The van der Waals surface area contributed by atoms with E-state index in [1.807, 2.05) is 19.1 Å². The number of benzene rings is 1. The monoisotopic (exact) mass is 327 g/mol. The SMILES string of the molecule is Cc1ccc2c(CC(=O)N[C@@H](C)c3nc(C)no3)cc(=O)oc2c1. The highest BCUT2D eigenvalue weighted by Gasteiger charge is 2.17. The molecule has 0 aliphatic heterocycles. The number of hydrogen-bond donors (Lipinski definition) is 1. The Morgan fingerprint density at radius 3 is 2.79 bits per heavy atom. The number of fused-ring (bicyclic) bond motifs is 1. The zero-order valence-corrected chi connectivity index (χ0v) is 13.6. The smallest absolute Gasteiger partial charge is 0.336 e. The van der Waals surface area contributed by atoms with E-state index in [9.17, 15) is 9.59 Å². The van der Waals surface area contributed by atoms with Crippen molar-refractivity contribution in [3.05, 3.63) is 57.5 Å². The van der Waals surface area contributed by atoms with Crippen LogP contribution in [0.5, 0.6) is 0 Å². The molecule has 0 aliphatic carbocycles. The van der Waals surface area contributed by atoms with Gasteiger partial charge < -0.3 is 14.3 Å². The van der Waals surface area contributed by atoms with Crippen molar-refractivity contribution in [2.45, 2.75) is 33.2 Å². The molecule has 2 aromatic heterocycles. The van der Waals surface area contributed by atoms with Gasteiger partial charge in [0, 0.05) is 11.5 Å². The van der Waals surface area contributed by atoms with Crippen LogP contribution in [0.25, 0.3) is 11.0 Å². The molecule has 1 amide bonds. The Morgan fingerprint density at radius 1 is 1.29 bits per heavy atom. The summed E-state index contributed by atoms with van der Waals surface area (Å²) in [7, 11) is 0. The highest BCUT2D eigenvalue weighted by Crippen LogP contribution is 2.19. The summed E-state index contributed by atoms with van der Waals surface area (Å²) in [5, 5.41) is 7.23. The van der Waals surface area contributed by atoms with Crippen LogP contribution in [-0.4, -0.2) is 16.0 Å². The second-order valence-corrected chi connectivity index (χ2v) is 5.74. The molecule has 0 spiro atoms. The lowest BCUT2D eigenvalue weighted by atomic mass is 10.1. The molecule has 0 saturated heterocycles. The molecule has 1 aromatic carbocycles. The summed E-state index contributed by atoms with van der Waals surface area (Å²) < 4.78 is 10.2. The third-order valence-corrected chi connectivity index (χ3v) is 3.63. The molecule has 1 atom stereocenters. The minimum atomic E-state index is -0.475. The second-order valence-electron chi connectivity index (χ2n) is 5.74. The lowest BCUT2D eigenvalue weighted by Gasteiger charge is -2.10. The molecule has 0 fully saturated rings. The minimum absolute atomic E-state index is 0.0582. The summed E-state index contributed by atoms with van der Waals surface area (Å²) in [6.45, 7) is 5.37. The molecular formula is C17H17N3O4. The van der Waals surface area contributed by atoms with Crippen LogP contribution in [0, 0.1) is 13.8 Å². The number of hydrogen-bond acceptors (Lipinski definition) is 6. The van der Waals surface area contributed by atoms with Crippen molar-refractivity contribution >= 4 is 16.9 Å². The minimum Gasteiger partial charge on any atom is -0.423 e. The van der Waals surface area contributed by atoms with E-state index in [4.69, 9.17) is 8.94 Å². The van der Waals surface area contributed by atoms with E-state index in [1.54, 1.807) is 19.9 Å². The van der Waals surface area contributed by atoms with Gasteiger partial charge in [0.25, 0.3) is 0 Å². The average molecular weight is 327 g/mol. The molecule has 7 heteroatoms. The number of nitrogens with zero attached hydrogens (tertiary/aromatic N) is 2. The average Bonchev–Trinajstić information content (AvgIpc) is 2.93. The fourth-order valence-electron chi connectivity index (χ4n) is 2.50. The van der Waals surface area contributed by atoms with Crippen molar-refractivity contribution in [1.82, 2.24) is 15.5 Å². The molecule has 0 bridgehead atoms. The Bertz CT molecular complexity index is 958.